The quantitative estimate of drug-likeness (QED) is 0.835. The molecule has 18 heavy (non-hydrogen) atoms. The van der Waals surface area contributed by atoms with Crippen molar-refractivity contribution < 1.29 is 0 Å². The third kappa shape index (κ3) is 3.13. The highest BCUT2D eigenvalue weighted by Crippen LogP contribution is 2.22. The summed E-state index contributed by atoms with van der Waals surface area (Å²) >= 11 is 0. The number of hydrogen-bond donors (Lipinski definition) is 1. The molecule has 2 aromatic rings. The Labute approximate surface area is 109 Å². The van der Waals surface area contributed by atoms with Crippen molar-refractivity contribution in [3.63, 3.8) is 0 Å². The Hall–Kier alpha value is -1.77. The zero-order chi connectivity index (χ0) is 12.8. The number of hydrogen-bond acceptors (Lipinski definition) is 2. The molecule has 96 valence electrons. The van der Waals surface area contributed by atoms with E-state index >= 15 is 0 Å². The van der Waals surface area contributed by atoms with E-state index in [4.69, 9.17) is 0 Å². The number of nitrogens with one attached hydrogen (secondary N) is 1. The molecule has 0 fully saturated rings. The molecule has 3 nitrogen and oxygen atoms in total. The SMILES string of the molecule is CCCC(Nc1ccn(CC)n1)c1ccccc1. The minimum Gasteiger partial charge on any atom is -0.362 e. The van der Waals surface area contributed by atoms with Crippen LogP contribution in [0.25, 0.3) is 0 Å². The molecule has 1 unspecified atom stereocenters. The highest BCUT2D eigenvalue weighted by molar-refractivity contribution is 5.37. The van der Waals surface area contributed by atoms with Gasteiger partial charge in [-0.2, -0.15) is 5.10 Å². The first-order valence-electron chi connectivity index (χ1n) is 6.68. The molecule has 1 aromatic heterocycles. The molecule has 0 aliphatic carbocycles. The highest BCUT2D eigenvalue weighted by atomic mass is 15.3. The first-order valence-corrected chi connectivity index (χ1v) is 6.68. The van der Waals surface area contributed by atoms with Crippen LogP contribution in [0.1, 0.15) is 38.3 Å². The van der Waals surface area contributed by atoms with Gasteiger partial charge < -0.3 is 5.32 Å². The Morgan fingerprint density at radius 2 is 1.94 bits per heavy atom. The van der Waals surface area contributed by atoms with Gasteiger partial charge in [0.05, 0.1) is 6.04 Å². The van der Waals surface area contributed by atoms with Gasteiger partial charge in [-0.05, 0) is 18.9 Å². The van der Waals surface area contributed by atoms with E-state index in [1.807, 2.05) is 16.9 Å². The summed E-state index contributed by atoms with van der Waals surface area (Å²) in [7, 11) is 0. The van der Waals surface area contributed by atoms with Gasteiger partial charge in [0.2, 0.25) is 0 Å². The second-order valence-electron chi connectivity index (χ2n) is 4.45. The summed E-state index contributed by atoms with van der Waals surface area (Å²) in [6, 6.07) is 13.0. The van der Waals surface area contributed by atoms with E-state index in [1.54, 1.807) is 0 Å². The summed E-state index contributed by atoms with van der Waals surface area (Å²) in [5.74, 6) is 0.958. The lowest BCUT2D eigenvalue weighted by molar-refractivity contribution is 0.645. The second-order valence-corrected chi connectivity index (χ2v) is 4.45. The predicted octanol–water partition coefficient (Wildman–Crippen LogP) is 3.86. The Bertz CT molecular complexity index is 462. The molecule has 1 N–H and O–H groups in total. The summed E-state index contributed by atoms with van der Waals surface area (Å²) in [6.07, 6.45) is 4.28. The lowest BCUT2D eigenvalue weighted by atomic mass is 10.0. The van der Waals surface area contributed by atoms with Gasteiger partial charge in [0.25, 0.3) is 0 Å². The van der Waals surface area contributed by atoms with Gasteiger partial charge in [-0.3, -0.25) is 4.68 Å². The van der Waals surface area contributed by atoms with Crippen LogP contribution in [0.4, 0.5) is 5.82 Å². The van der Waals surface area contributed by atoms with Crippen LogP contribution in [0.15, 0.2) is 42.6 Å². The molecule has 0 saturated carbocycles. The first kappa shape index (κ1) is 12.7. The fourth-order valence-corrected chi connectivity index (χ4v) is 2.09. The summed E-state index contributed by atoms with van der Waals surface area (Å²) in [4.78, 5) is 0. The molecule has 0 aliphatic rings. The van der Waals surface area contributed by atoms with Crippen molar-refractivity contribution in [3.8, 4) is 0 Å². The number of anilines is 1. The van der Waals surface area contributed by atoms with Crippen molar-refractivity contribution >= 4 is 5.82 Å². The van der Waals surface area contributed by atoms with Crippen LogP contribution in [-0.2, 0) is 6.54 Å². The van der Waals surface area contributed by atoms with Crippen molar-refractivity contribution in [1.82, 2.24) is 9.78 Å². The van der Waals surface area contributed by atoms with Gasteiger partial charge in [0.1, 0.15) is 5.82 Å². The number of aromatic nitrogens is 2. The molecule has 0 radical (unpaired) electrons. The summed E-state index contributed by atoms with van der Waals surface area (Å²) in [6.45, 7) is 5.21. The topological polar surface area (TPSA) is 29.9 Å². The van der Waals surface area contributed by atoms with Crippen LogP contribution in [0, 0.1) is 0 Å². The van der Waals surface area contributed by atoms with Crippen LogP contribution in [0.2, 0.25) is 0 Å². The zero-order valence-electron chi connectivity index (χ0n) is 11.1. The molecule has 0 spiro atoms. The lowest BCUT2D eigenvalue weighted by Gasteiger charge is -2.18. The van der Waals surface area contributed by atoms with Crippen molar-refractivity contribution in [2.75, 3.05) is 5.32 Å². The fourth-order valence-electron chi connectivity index (χ4n) is 2.09. The maximum atomic E-state index is 4.48. The van der Waals surface area contributed by atoms with Gasteiger partial charge >= 0.3 is 0 Å². The van der Waals surface area contributed by atoms with Crippen molar-refractivity contribution in [1.29, 1.82) is 0 Å². The van der Waals surface area contributed by atoms with E-state index in [2.05, 4.69) is 54.6 Å². The van der Waals surface area contributed by atoms with Crippen molar-refractivity contribution in [3.05, 3.63) is 48.2 Å². The molecule has 2 rings (SSSR count). The van der Waals surface area contributed by atoms with Crippen molar-refractivity contribution in [2.24, 2.45) is 0 Å². The lowest BCUT2D eigenvalue weighted by Crippen LogP contribution is -2.11. The number of rotatable bonds is 6. The predicted molar refractivity (Wildman–Crippen MR) is 75.6 cm³/mol. The van der Waals surface area contributed by atoms with Gasteiger partial charge in [-0.1, -0.05) is 43.7 Å². The van der Waals surface area contributed by atoms with E-state index in [-0.39, 0.29) is 0 Å². The average molecular weight is 243 g/mol. The second kappa shape index (κ2) is 6.24. The third-order valence-electron chi connectivity index (χ3n) is 3.07. The van der Waals surface area contributed by atoms with E-state index in [1.165, 1.54) is 5.56 Å². The molecule has 1 aromatic carbocycles. The maximum Gasteiger partial charge on any atom is 0.148 e. The monoisotopic (exact) mass is 243 g/mol. The minimum atomic E-state index is 0.344. The number of benzene rings is 1. The zero-order valence-corrected chi connectivity index (χ0v) is 11.1. The van der Waals surface area contributed by atoms with Crippen LogP contribution in [0.3, 0.4) is 0 Å². The first-order chi connectivity index (χ1) is 8.83. The Kier molecular flexibility index (Phi) is 4.40. The minimum absolute atomic E-state index is 0.344. The van der Waals surface area contributed by atoms with Crippen LogP contribution >= 0.6 is 0 Å². The Morgan fingerprint density at radius 1 is 1.17 bits per heavy atom. The van der Waals surface area contributed by atoms with E-state index in [0.29, 0.717) is 6.04 Å². The van der Waals surface area contributed by atoms with E-state index in [0.717, 1.165) is 25.2 Å². The van der Waals surface area contributed by atoms with Crippen LogP contribution in [0.5, 0.6) is 0 Å². The van der Waals surface area contributed by atoms with Crippen molar-refractivity contribution in [2.45, 2.75) is 39.3 Å². The normalized spacial score (nSPS) is 12.3. The molecule has 3 heteroatoms. The molecule has 0 bridgehead atoms. The van der Waals surface area contributed by atoms with Gasteiger partial charge in [0.15, 0.2) is 0 Å². The number of nitrogens with zero attached hydrogens (tertiary/aromatic N) is 2. The van der Waals surface area contributed by atoms with E-state index in [9.17, 15) is 0 Å². The molecule has 0 saturated heterocycles. The van der Waals surface area contributed by atoms with Gasteiger partial charge in [-0.25, -0.2) is 0 Å². The third-order valence-corrected chi connectivity index (χ3v) is 3.07. The average Bonchev–Trinajstić information content (AvgIpc) is 2.87. The summed E-state index contributed by atoms with van der Waals surface area (Å²) in [5.41, 5.74) is 1.32. The smallest absolute Gasteiger partial charge is 0.148 e. The molecular weight excluding hydrogens is 222 g/mol. The summed E-state index contributed by atoms with van der Waals surface area (Å²) < 4.78 is 1.94. The maximum absolute atomic E-state index is 4.48. The highest BCUT2D eigenvalue weighted by Gasteiger charge is 2.11. The summed E-state index contributed by atoms with van der Waals surface area (Å²) in [5, 5.41) is 8.00. The van der Waals surface area contributed by atoms with Crippen LogP contribution in [-0.4, -0.2) is 9.78 Å². The van der Waals surface area contributed by atoms with Gasteiger partial charge in [-0.15, -0.1) is 0 Å². The Morgan fingerprint density at radius 3 is 2.56 bits per heavy atom. The fraction of sp³-hybridized carbons (Fsp3) is 0.400. The molecule has 0 aliphatic heterocycles. The molecular formula is C15H21N3. The largest absolute Gasteiger partial charge is 0.362 e. The molecule has 1 atom stereocenters. The molecule has 1 heterocycles. The van der Waals surface area contributed by atoms with Gasteiger partial charge in [0, 0.05) is 18.8 Å². The molecule has 0 amide bonds. The Balaban J connectivity index is 2.11. The van der Waals surface area contributed by atoms with Crippen LogP contribution < -0.4 is 5.32 Å². The van der Waals surface area contributed by atoms with E-state index < -0.39 is 0 Å². The standard InChI is InChI=1S/C15H21N3/c1-3-8-14(13-9-6-5-7-10-13)16-15-11-12-18(4-2)17-15/h5-7,9-12,14H,3-4,8H2,1-2H3,(H,16,17). The number of aryl methyl sites for hydroxylation is 1.